The minimum absolute atomic E-state index is 0.157. The topological polar surface area (TPSA) is 66.8 Å². The third kappa shape index (κ3) is 4.35. The first-order chi connectivity index (χ1) is 12.5. The quantitative estimate of drug-likeness (QED) is 0.866. The Hall–Kier alpha value is -2.53. The highest BCUT2D eigenvalue weighted by molar-refractivity contribution is 6.30. The number of amides is 1. The van der Waals surface area contributed by atoms with Gasteiger partial charge in [0.2, 0.25) is 6.10 Å². The average molecular weight is 374 g/mol. The zero-order chi connectivity index (χ0) is 18.5. The van der Waals surface area contributed by atoms with Crippen molar-refractivity contribution in [2.24, 2.45) is 5.92 Å². The first-order valence-corrected chi connectivity index (χ1v) is 8.91. The standard InChI is InChI=1S/C20H20ClNO4/c21-16-6-8-17(9-7-16)26-18(14-4-2-1-3-5-14)19(23)22-12-10-15(11-13-22)20(24)25/h1-9,15,18H,10-13H2,(H,24,25). The molecule has 2 aromatic carbocycles. The molecule has 0 bridgehead atoms. The predicted molar refractivity (Wildman–Crippen MR) is 98.2 cm³/mol. The second-order valence-corrected chi connectivity index (χ2v) is 6.74. The summed E-state index contributed by atoms with van der Waals surface area (Å²) >= 11 is 5.91. The summed E-state index contributed by atoms with van der Waals surface area (Å²) in [6.45, 7) is 0.840. The highest BCUT2D eigenvalue weighted by atomic mass is 35.5. The van der Waals surface area contributed by atoms with Gasteiger partial charge in [-0.1, -0.05) is 41.9 Å². The number of carboxylic acid groups (broad SMARTS) is 1. The molecule has 5 nitrogen and oxygen atoms in total. The van der Waals surface area contributed by atoms with E-state index in [2.05, 4.69) is 0 Å². The normalized spacial score (nSPS) is 16.1. The highest BCUT2D eigenvalue weighted by Crippen LogP contribution is 2.27. The molecule has 1 aliphatic heterocycles. The molecule has 0 spiro atoms. The third-order valence-electron chi connectivity index (χ3n) is 4.55. The Labute approximate surface area is 157 Å². The molecule has 1 N–H and O–H groups in total. The van der Waals surface area contributed by atoms with Crippen LogP contribution in [0, 0.1) is 5.92 Å². The Morgan fingerprint density at radius 2 is 1.65 bits per heavy atom. The zero-order valence-electron chi connectivity index (χ0n) is 14.2. The van der Waals surface area contributed by atoms with Gasteiger partial charge in [0.25, 0.3) is 5.91 Å². The van der Waals surface area contributed by atoms with E-state index in [1.165, 1.54) is 0 Å². The molecule has 1 saturated heterocycles. The van der Waals surface area contributed by atoms with Gasteiger partial charge in [-0.15, -0.1) is 0 Å². The number of carbonyl (C=O) groups is 2. The van der Waals surface area contributed by atoms with E-state index in [9.17, 15) is 9.59 Å². The first-order valence-electron chi connectivity index (χ1n) is 8.53. The highest BCUT2D eigenvalue weighted by Gasteiger charge is 2.32. The second-order valence-electron chi connectivity index (χ2n) is 6.30. The van der Waals surface area contributed by atoms with Crippen molar-refractivity contribution in [3.63, 3.8) is 0 Å². The van der Waals surface area contributed by atoms with Crippen LogP contribution in [0.4, 0.5) is 0 Å². The number of hydrogen-bond donors (Lipinski definition) is 1. The number of nitrogens with zero attached hydrogens (tertiary/aromatic N) is 1. The lowest BCUT2D eigenvalue weighted by Gasteiger charge is -2.33. The summed E-state index contributed by atoms with van der Waals surface area (Å²) in [6, 6.07) is 16.2. The molecule has 136 valence electrons. The lowest BCUT2D eigenvalue weighted by atomic mass is 9.96. The van der Waals surface area contributed by atoms with Gasteiger partial charge in [-0.25, -0.2) is 0 Å². The lowest BCUT2D eigenvalue weighted by molar-refractivity contribution is -0.148. The van der Waals surface area contributed by atoms with Gasteiger partial charge in [0, 0.05) is 23.7 Å². The molecule has 1 unspecified atom stereocenters. The number of carboxylic acids is 1. The Bertz CT molecular complexity index is 755. The molecule has 26 heavy (non-hydrogen) atoms. The van der Waals surface area contributed by atoms with E-state index in [4.69, 9.17) is 21.4 Å². The number of carbonyl (C=O) groups excluding carboxylic acids is 1. The lowest BCUT2D eigenvalue weighted by Crippen LogP contribution is -2.43. The molecule has 1 aliphatic rings. The molecule has 1 atom stereocenters. The van der Waals surface area contributed by atoms with Crippen LogP contribution in [-0.4, -0.2) is 35.0 Å². The van der Waals surface area contributed by atoms with Gasteiger partial charge in [-0.3, -0.25) is 9.59 Å². The van der Waals surface area contributed by atoms with Gasteiger partial charge in [0.05, 0.1) is 5.92 Å². The summed E-state index contributed by atoms with van der Waals surface area (Å²) in [5, 5.41) is 9.72. The van der Waals surface area contributed by atoms with Gasteiger partial charge in [-0.05, 0) is 37.1 Å². The second kappa shape index (κ2) is 8.23. The zero-order valence-corrected chi connectivity index (χ0v) is 14.9. The fourth-order valence-electron chi connectivity index (χ4n) is 3.05. The largest absolute Gasteiger partial charge is 0.481 e. The van der Waals surface area contributed by atoms with Crippen LogP contribution in [0.1, 0.15) is 24.5 Å². The summed E-state index contributed by atoms with van der Waals surface area (Å²) in [5.41, 5.74) is 0.757. The number of rotatable bonds is 5. The van der Waals surface area contributed by atoms with Crippen molar-refractivity contribution in [2.75, 3.05) is 13.1 Å². The summed E-state index contributed by atoms with van der Waals surface area (Å²) in [6.07, 6.45) is 0.145. The van der Waals surface area contributed by atoms with Crippen molar-refractivity contribution in [2.45, 2.75) is 18.9 Å². The van der Waals surface area contributed by atoms with Crippen molar-refractivity contribution < 1.29 is 19.4 Å². The van der Waals surface area contributed by atoms with E-state index >= 15 is 0 Å². The van der Waals surface area contributed by atoms with Crippen LogP contribution in [0.3, 0.4) is 0 Å². The van der Waals surface area contributed by atoms with Crippen molar-refractivity contribution in [3.8, 4) is 5.75 Å². The molecule has 2 aromatic rings. The number of likely N-dealkylation sites (tertiary alicyclic amines) is 1. The van der Waals surface area contributed by atoms with Crippen molar-refractivity contribution in [3.05, 3.63) is 65.2 Å². The van der Waals surface area contributed by atoms with Gasteiger partial charge < -0.3 is 14.7 Å². The van der Waals surface area contributed by atoms with Gasteiger partial charge in [0.15, 0.2) is 0 Å². The molecule has 1 fully saturated rings. The molecular formula is C20H20ClNO4. The SMILES string of the molecule is O=C(O)C1CCN(C(=O)C(Oc2ccc(Cl)cc2)c2ccccc2)CC1. The number of piperidine rings is 1. The van der Waals surface area contributed by atoms with Crippen LogP contribution in [-0.2, 0) is 9.59 Å². The van der Waals surface area contributed by atoms with Crippen molar-refractivity contribution in [1.29, 1.82) is 0 Å². The number of hydrogen-bond acceptors (Lipinski definition) is 3. The van der Waals surface area contributed by atoms with Gasteiger partial charge >= 0.3 is 5.97 Å². The maximum Gasteiger partial charge on any atom is 0.306 e. The van der Waals surface area contributed by atoms with Gasteiger partial charge in [0.1, 0.15) is 5.75 Å². The van der Waals surface area contributed by atoms with E-state index in [0.717, 1.165) is 5.56 Å². The summed E-state index contributed by atoms with van der Waals surface area (Å²) in [5.74, 6) is -0.785. The van der Waals surface area contributed by atoms with E-state index < -0.39 is 12.1 Å². The molecule has 0 aromatic heterocycles. The Morgan fingerprint density at radius 1 is 1.04 bits per heavy atom. The fraction of sp³-hybridized carbons (Fsp3) is 0.300. The average Bonchev–Trinajstić information content (AvgIpc) is 2.68. The van der Waals surface area contributed by atoms with Gasteiger partial charge in [-0.2, -0.15) is 0 Å². The predicted octanol–water partition coefficient (Wildman–Crippen LogP) is 3.78. The van der Waals surface area contributed by atoms with Crippen molar-refractivity contribution in [1.82, 2.24) is 4.90 Å². The molecule has 0 saturated carbocycles. The van der Waals surface area contributed by atoms with Crippen LogP contribution in [0.2, 0.25) is 5.02 Å². The Kier molecular flexibility index (Phi) is 5.78. The number of halogens is 1. The number of ether oxygens (including phenoxy) is 1. The van der Waals surface area contributed by atoms with Crippen LogP contribution in [0.25, 0.3) is 0 Å². The minimum Gasteiger partial charge on any atom is -0.481 e. The van der Waals surface area contributed by atoms with Crippen LogP contribution < -0.4 is 4.74 Å². The van der Waals surface area contributed by atoms with E-state index in [0.29, 0.717) is 36.7 Å². The number of benzene rings is 2. The minimum atomic E-state index is -0.797. The summed E-state index contributed by atoms with van der Waals surface area (Å²) in [4.78, 5) is 25.9. The van der Waals surface area contributed by atoms with E-state index in [-0.39, 0.29) is 11.8 Å². The monoisotopic (exact) mass is 373 g/mol. The van der Waals surface area contributed by atoms with Crippen molar-refractivity contribution >= 4 is 23.5 Å². The number of aliphatic carboxylic acids is 1. The van der Waals surface area contributed by atoms with E-state index in [1.54, 1.807) is 29.2 Å². The van der Waals surface area contributed by atoms with Crippen LogP contribution in [0.15, 0.2) is 54.6 Å². The molecule has 6 heteroatoms. The smallest absolute Gasteiger partial charge is 0.306 e. The maximum absolute atomic E-state index is 13.1. The van der Waals surface area contributed by atoms with Crippen LogP contribution >= 0.6 is 11.6 Å². The molecular weight excluding hydrogens is 354 g/mol. The molecule has 1 amide bonds. The Balaban J connectivity index is 1.78. The molecule has 0 radical (unpaired) electrons. The summed E-state index contributed by atoms with van der Waals surface area (Å²) in [7, 11) is 0. The summed E-state index contributed by atoms with van der Waals surface area (Å²) < 4.78 is 5.98. The Morgan fingerprint density at radius 3 is 2.23 bits per heavy atom. The van der Waals surface area contributed by atoms with Crippen LogP contribution in [0.5, 0.6) is 5.75 Å². The fourth-order valence-corrected chi connectivity index (χ4v) is 3.18. The molecule has 1 heterocycles. The molecule has 3 rings (SSSR count). The first kappa shape index (κ1) is 18.3. The maximum atomic E-state index is 13.1. The molecule has 0 aliphatic carbocycles. The van der Waals surface area contributed by atoms with E-state index in [1.807, 2.05) is 30.3 Å². The third-order valence-corrected chi connectivity index (χ3v) is 4.80.